The minimum absolute atomic E-state index is 0.0433. The second kappa shape index (κ2) is 8.68. The molecule has 4 rings (SSSR count). The van der Waals surface area contributed by atoms with Crippen LogP contribution in [0.2, 0.25) is 0 Å². The first-order valence-corrected chi connectivity index (χ1v) is 10.6. The summed E-state index contributed by atoms with van der Waals surface area (Å²) >= 11 is 0. The van der Waals surface area contributed by atoms with Crippen LogP contribution in [0, 0.1) is 19.8 Å². The van der Waals surface area contributed by atoms with E-state index in [0.29, 0.717) is 13.2 Å². The van der Waals surface area contributed by atoms with Crippen molar-refractivity contribution in [2.75, 3.05) is 23.4 Å². The molecular formula is C25H27N3O3. The van der Waals surface area contributed by atoms with E-state index in [4.69, 9.17) is 4.74 Å². The van der Waals surface area contributed by atoms with Crippen LogP contribution >= 0.6 is 0 Å². The summed E-state index contributed by atoms with van der Waals surface area (Å²) in [5.74, 6) is 0.203. The molecule has 1 atom stereocenters. The predicted octanol–water partition coefficient (Wildman–Crippen LogP) is 4.48. The fourth-order valence-corrected chi connectivity index (χ4v) is 4.04. The number of aromatic nitrogens is 1. The average Bonchev–Trinajstić information content (AvgIpc) is 3.31. The summed E-state index contributed by atoms with van der Waals surface area (Å²) in [7, 11) is 0. The molecule has 1 aliphatic rings. The van der Waals surface area contributed by atoms with Gasteiger partial charge in [-0.2, -0.15) is 0 Å². The summed E-state index contributed by atoms with van der Waals surface area (Å²) in [6.45, 7) is 7.03. The SMILES string of the molecule is CCOc1ccc(N2C[C@H](C(=O)Nc3ccc(-n4c(C)ccc4C)cc3)CC2=O)cc1. The summed E-state index contributed by atoms with van der Waals surface area (Å²) in [6, 6.07) is 19.3. The molecule has 0 aliphatic carbocycles. The minimum Gasteiger partial charge on any atom is -0.494 e. The van der Waals surface area contributed by atoms with E-state index in [1.807, 2.05) is 55.5 Å². The molecule has 6 nitrogen and oxygen atoms in total. The van der Waals surface area contributed by atoms with E-state index in [1.165, 1.54) is 0 Å². The van der Waals surface area contributed by atoms with Crippen LogP contribution in [-0.2, 0) is 9.59 Å². The van der Waals surface area contributed by atoms with Crippen LogP contribution in [0.4, 0.5) is 11.4 Å². The molecule has 2 amide bonds. The molecule has 0 bridgehead atoms. The van der Waals surface area contributed by atoms with Crippen molar-refractivity contribution < 1.29 is 14.3 Å². The Balaban J connectivity index is 1.40. The molecule has 160 valence electrons. The third kappa shape index (κ3) is 4.33. The smallest absolute Gasteiger partial charge is 0.229 e. The Kier molecular flexibility index (Phi) is 5.80. The third-order valence-corrected chi connectivity index (χ3v) is 5.62. The molecule has 3 aromatic rings. The molecule has 0 radical (unpaired) electrons. The van der Waals surface area contributed by atoms with Crippen LogP contribution in [0.5, 0.6) is 5.75 Å². The maximum Gasteiger partial charge on any atom is 0.229 e. The van der Waals surface area contributed by atoms with Crippen LogP contribution in [0.15, 0.2) is 60.7 Å². The highest BCUT2D eigenvalue weighted by Gasteiger charge is 2.35. The number of carbonyl (C=O) groups excluding carboxylic acids is 2. The fourth-order valence-electron chi connectivity index (χ4n) is 4.04. The molecule has 2 aromatic carbocycles. The lowest BCUT2D eigenvalue weighted by molar-refractivity contribution is -0.122. The number of hydrogen-bond donors (Lipinski definition) is 1. The van der Waals surface area contributed by atoms with Crippen LogP contribution in [-0.4, -0.2) is 29.5 Å². The number of hydrogen-bond acceptors (Lipinski definition) is 3. The highest BCUT2D eigenvalue weighted by molar-refractivity contribution is 6.03. The number of benzene rings is 2. The molecule has 1 aliphatic heterocycles. The van der Waals surface area contributed by atoms with Crippen LogP contribution in [0.3, 0.4) is 0 Å². The molecule has 31 heavy (non-hydrogen) atoms. The number of carbonyl (C=O) groups is 2. The van der Waals surface area contributed by atoms with Gasteiger partial charge in [-0.25, -0.2) is 0 Å². The van der Waals surface area contributed by atoms with E-state index < -0.39 is 0 Å². The van der Waals surface area contributed by atoms with Crippen molar-refractivity contribution in [2.24, 2.45) is 5.92 Å². The van der Waals surface area contributed by atoms with E-state index in [1.54, 1.807) is 4.90 Å². The lowest BCUT2D eigenvalue weighted by Gasteiger charge is -2.17. The standard InChI is InChI=1S/C25H27N3O3/c1-4-31-23-13-11-21(12-14-23)27-16-19(15-24(27)29)25(30)26-20-7-9-22(10-8-20)28-17(2)5-6-18(28)3/h5-14,19H,4,15-16H2,1-3H3,(H,26,30)/t19-/m1/s1. The van der Waals surface area contributed by atoms with Gasteiger partial charge in [0.25, 0.3) is 0 Å². The van der Waals surface area contributed by atoms with Crippen molar-refractivity contribution in [3.8, 4) is 11.4 Å². The molecular weight excluding hydrogens is 390 g/mol. The van der Waals surface area contributed by atoms with Crippen molar-refractivity contribution in [1.29, 1.82) is 0 Å². The Morgan fingerprint density at radius 1 is 0.968 bits per heavy atom. The lowest BCUT2D eigenvalue weighted by atomic mass is 10.1. The van der Waals surface area contributed by atoms with Gasteiger partial charge in [0.1, 0.15) is 5.75 Å². The molecule has 0 spiro atoms. The van der Waals surface area contributed by atoms with Crippen LogP contribution < -0.4 is 15.0 Å². The topological polar surface area (TPSA) is 63.6 Å². The van der Waals surface area contributed by atoms with E-state index in [0.717, 1.165) is 34.2 Å². The predicted molar refractivity (Wildman–Crippen MR) is 122 cm³/mol. The van der Waals surface area contributed by atoms with Crippen molar-refractivity contribution in [1.82, 2.24) is 4.57 Å². The van der Waals surface area contributed by atoms with Gasteiger partial charge in [0.05, 0.1) is 12.5 Å². The normalized spacial score (nSPS) is 15.9. The lowest BCUT2D eigenvalue weighted by Crippen LogP contribution is -2.28. The Labute approximate surface area is 182 Å². The number of anilines is 2. The Morgan fingerprint density at radius 3 is 2.19 bits per heavy atom. The summed E-state index contributed by atoms with van der Waals surface area (Å²) in [4.78, 5) is 27.0. The molecule has 0 saturated carbocycles. The maximum absolute atomic E-state index is 12.8. The average molecular weight is 418 g/mol. The van der Waals surface area contributed by atoms with Crippen LogP contribution in [0.1, 0.15) is 24.7 Å². The maximum atomic E-state index is 12.8. The highest BCUT2D eigenvalue weighted by Crippen LogP contribution is 2.28. The molecule has 1 saturated heterocycles. The molecule has 1 N–H and O–H groups in total. The molecule has 6 heteroatoms. The number of amides is 2. The second-order valence-electron chi connectivity index (χ2n) is 7.82. The quantitative estimate of drug-likeness (QED) is 0.643. The van der Waals surface area contributed by atoms with Crippen molar-refractivity contribution in [2.45, 2.75) is 27.2 Å². The largest absolute Gasteiger partial charge is 0.494 e. The van der Waals surface area contributed by atoms with Gasteiger partial charge in [0.15, 0.2) is 0 Å². The zero-order valence-corrected chi connectivity index (χ0v) is 18.1. The number of nitrogens with zero attached hydrogens (tertiary/aromatic N) is 2. The van der Waals surface area contributed by atoms with Crippen molar-refractivity contribution in [3.63, 3.8) is 0 Å². The van der Waals surface area contributed by atoms with Gasteiger partial charge in [-0.3, -0.25) is 9.59 Å². The third-order valence-electron chi connectivity index (χ3n) is 5.62. The van der Waals surface area contributed by atoms with E-state index in [2.05, 4.69) is 35.9 Å². The number of nitrogens with one attached hydrogen (secondary N) is 1. The van der Waals surface area contributed by atoms with Gasteiger partial charge in [-0.15, -0.1) is 0 Å². The van der Waals surface area contributed by atoms with Gasteiger partial charge in [0, 0.05) is 41.4 Å². The summed E-state index contributed by atoms with van der Waals surface area (Å²) in [6.07, 6.45) is 0.207. The summed E-state index contributed by atoms with van der Waals surface area (Å²) < 4.78 is 7.61. The fraction of sp³-hybridized carbons (Fsp3) is 0.280. The number of aryl methyl sites for hydroxylation is 2. The Morgan fingerprint density at radius 2 is 1.58 bits per heavy atom. The highest BCUT2D eigenvalue weighted by atomic mass is 16.5. The van der Waals surface area contributed by atoms with Crippen molar-refractivity contribution in [3.05, 3.63) is 72.1 Å². The Hall–Kier alpha value is -3.54. The minimum atomic E-state index is -0.382. The van der Waals surface area contributed by atoms with Gasteiger partial charge in [0.2, 0.25) is 11.8 Å². The first kappa shape index (κ1) is 20.7. The van der Waals surface area contributed by atoms with E-state index in [-0.39, 0.29) is 24.2 Å². The molecule has 0 unspecified atom stereocenters. The second-order valence-corrected chi connectivity index (χ2v) is 7.82. The molecule has 1 aromatic heterocycles. The van der Waals surface area contributed by atoms with Gasteiger partial charge < -0.3 is 19.5 Å². The first-order valence-electron chi connectivity index (χ1n) is 10.6. The number of rotatable bonds is 6. The van der Waals surface area contributed by atoms with Gasteiger partial charge >= 0.3 is 0 Å². The van der Waals surface area contributed by atoms with E-state index >= 15 is 0 Å². The van der Waals surface area contributed by atoms with Gasteiger partial charge in [-0.1, -0.05) is 0 Å². The monoisotopic (exact) mass is 417 g/mol. The zero-order chi connectivity index (χ0) is 22.0. The van der Waals surface area contributed by atoms with Gasteiger partial charge in [-0.05, 0) is 81.4 Å². The Bertz CT molecular complexity index is 1060. The zero-order valence-electron chi connectivity index (χ0n) is 18.1. The molecule has 1 fully saturated rings. The summed E-state index contributed by atoms with van der Waals surface area (Å²) in [5.41, 5.74) is 4.88. The first-order chi connectivity index (χ1) is 15.0. The molecule has 2 heterocycles. The van der Waals surface area contributed by atoms with Crippen LogP contribution in [0.25, 0.3) is 5.69 Å². The van der Waals surface area contributed by atoms with Crippen molar-refractivity contribution >= 4 is 23.2 Å². The summed E-state index contributed by atoms with van der Waals surface area (Å²) in [5, 5.41) is 2.96. The number of ether oxygens (including phenoxy) is 1. The van der Waals surface area contributed by atoms with E-state index in [9.17, 15) is 9.59 Å².